The number of rotatable bonds is 3. The topological polar surface area (TPSA) is 20.2 Å². The molecule has 14 heavy (non-hydrogen) atoms. The predicted octanol–water partition coefficient (Wildman–Crippen LogP) is 3.61. The van der Waals surface area contributed by atoms with Gasteiger partial charge in [-0.15, -0.1) is 0 Å². The lowest BCUT2D eigenvalue weighted by molar-refractivity contribution is -0.0660. The molecule has 1 fully saturated rings. The molecular weight excluding hydrogens is 172 g/mol. The first-order valence-corrected chi connectivity index (χ1v) is 6.16. The molecule has 1 rings (SSSR count). The van der Waals surface area contributed by atoms with Crippen LogP contribution in [0.2, 0.25) is 0 Å². The first kappa shape index (κ1) is 12.0. The zero-order valence-electron chi connectivity index (χ0n) is 10.2. The highest BCUT2D eigenvalue weighted by atomic mass is 16.3. The van der Waals surface area contributed by atoms with Gasteiger partial charge in [-0.3, -0.25) is 0 Å². The van der Waals surface area contributed by atoms with Crippen molar-refractivity contribution in [1.82, 2.24) is 0 Å². The van der Waals surface area contributed by atoms with E-state index >= 15 is 0 Å². The quantitative estimate of drug-likeness (QED) is 0.734. The van der Waals surface area contributed by atoms with E-state index in [9.17, 15) is 5.11 Å². The van der Waals surface area contributed by atoms with Gasteiger partial charge < -0.3 is 5.11 Å². The molecule has 84 valence electrons. The van der Waals surface area contributed by atoms with Gasteiger partial charge in [-0.2, -0.15) is 0 Å². The third-order valence-electron chi connectivity index (χ3n) is 3.87. The molecule has 3 unspecified atom stereocenters. The van der Waals surface area contributed by atoms with Crippen LogP contribution in [0.1, 0.15) is 59.8 Å². The van der Waals surface area contributed by atoms with Gasteiger partial charge in [-0.05, 0) is 43.4 Å². The van der Waals surface area contributed by atoms with Crippen LogP contribution in [0.25, 0.3) is 0 Å². The zero-order valence-corrected chi connectivity index (χ0v) is 10.2. The van der Waals surface area contributed by atoms with E-state index in [1.54, 1.807) is 0 Å². The van der Waals surface area contributed by atoms with Crippen molar-refractivity contribution in [2.75, 3.05) is 0 Å². The number of aliphatic hydroxyl groups is 1. The molecule has 1 N–H and O–H groups in total. The largest absolute Gasteiger partial charge is 0.390 e. The SMILES string of the molecule is CC(C)CCC1(O)CC(C)CCC1C. The summed E-state index contributed by atoms with van der Waals surface area (Å²) >= 11 is 0. The van der Waals surface area contributed by atoms with Crippen LogP contribution >= 0.6 is 0 Å². The average molecular weight is 198 g/mol. The Kier molecular flexibility index (Phi) is 4.00. The lowest BCUT2D eigenvalue weighted by atomic mass is 9.69. The maximum Gasteiger partial charge on any atom is 0.0675 e. The molecule has 0 heterocycles. The second kappa shape index (κ2) is 4.65. The van der Waals surface area contributed by atoms with E-state index in [4.69, 9.17) is 0 Å². The molecule has 0 aromatic heterocycles. The van der Waals surface area contributed by atoms with Gasteiger partial charge >= 0.3 is 0 Å². The van der Waals surface area contributed by atoms with Gasteiger partial charge in [0.05, 0.1) is 5.60 Å². The highest BCUT2D eigenvalue weighted by Crippen LogP contribution is 2.40. The zero-order chi connectivity index (χ0) is 10.8. The van der Waals surface area contributed by atoms with Gasteiger partial charge in [0, 0.05) is 0 Å². The molecule has 1 aliphatic carbocycles. The molecular formula is C13H26O. The van der Waals surface area contributed by atoms with Gasteiger partial charge in [0.25, 0.3) is 0 Å². The Hall–Kier alpha value is -0.0400. The van der Waals surface area contributed by atoms with Crippen molar-refractivity contribution in [1.29, 1.82) is 0 Å². The second-order valence-electron chi connectivity index (χ2n) is 5.82. The van der Waals surface area contributed by atoms with Gasteiger partial charge in [-0.25, -0.2) is 0 Å². The molecule has 1 saturated carbocycles. The van der Waals surface area contributed by atoms with Gasteiger partial charge in [0.15, 0.2) is 0 Å². The molecule has 0 aromatic carbocycles. The van der Waals surface area contributed by atoms with Crippen LogP contribution in [-0.4, -0.2) is 10.7 Å². The van der Waals surface area contributed by atoms with E-state index in [2.05, 4.69) is 27.7 Å². The lowest BCUT2D eigenvalue weighted by Crippen LogP contribution is -2.41. The van der Waals surface area contributed by atoms with E-state index < -0.39 is 0 Å². The number of hydrogen-bond acceptors (Lipinski definition) is 1. The van der Waals surface area contributed by atoms with Crippen LogP contribution in [-0.2, 0) is 0 Å². The second-order valence-corrected chi connectivity index (χ2v) is 5.82. The van der Waals surface area contributed by atoms with E-state index in [1.165, 1.54) is 12.8 Å². The maximum absolute atomic E-state index is 10.6. The maximum atomic E-state index is 10.6. The van der Waals surface area contributed by atoms with Crippen molar-refractivity contribution in [2.45, 2.75) is 65.4 Å². The molecule has 0 amide bonds. The first-order valence-electron chi connectivity index (χ1n) is 6.16. The van der Waals surface area contributed by atoms with Crippen LogP contribution in [0, 0.1) is 17.8 Å². The summed E-state index contributed by atoms with van der Waals surface area (Å²) < 4.78 is 0. The summed E-state index contributed by atoms with van der Waals surface area (Å²) in [6.07, 6.45) is 5.67. The smallest absolute Gasteiger partial charge is 0.0675 e. The third-order valence-corrected chi connectivity index (χ3v) is 3.87. The van der Waals surface area contributed by atoms with Gasteiger partial charge in [0.1, 0.15) is 0 Å². The van der Waals surface area contributed by atoms with Crippen molar-refractivity contribution in [3.63, 3.8) is 0 Å². The third kappa shape index (κ3) is 2.98. The van der Waals surface area contributed by atoms with Crippen LogP contribution < -0.4 is 0 Å². The summed E-state index contributed by atoms with van der Waals surface area (Å²) in [5, 5.41) is 10.6. The van der Waals surface area contributed by atoms with Crippen LogP contribution in [0.15, 0.2) is 0 Å². The fraction of sp³-hybridized carbons (Fsp3) is 1.00. The molecule has 1 heteroatoms. The Labute approximate surface area is 88.9 Å². The molecule has 3 atom stereocenters. The Morgan fingerprint density at radius 3 is 2.50 bits per heavy atom. The summed E-state index contributed by atoms with van der Waals surface area (Å²) in [4.78, 5) is 0. The molecule has 0 bridgehead atoms. The summed E-state index contributed by atoms with van der Waals surface area (Å²) in [6.45, 7) is 8.96. The number of hydrogen-bond donors (Lipinski definition) is 1. The first-order chi connectivity index (χ1) is 6.44. The molecule has 0 saturated heterocycles. The van der Waals surface area contributed by atoms with Crippen molar-refractivity contribution in [3.8, 4) is 0 Å². The standard InChI is InChI=1S/C13H26O/c1-10(2)7-8-13(14)9-11(3)5-6-12(13)4/h10-12,14H,5-9H2,1-4H3. The van der Waals surface area contributed by atoms with E-state index in [0.29, 0.717) is 17.8 Å². The monoisotopic (exact) mass is 198 g/mol. The van der Waals surface area contributed by atoms with Crippen molar-refractivity contribution in [2.24, 2.45) is 17.8 Å². The van der Waals surface area contributed by atoms with E-state index in [-0.39, 0.29) is 5.60 Å². The highest BCUT2D eigenvalue weighted by molar-refractivity contribution is 4.90. The molecule has 0 radical (unpaired) electrons. The molecule has 1 nitrogen and oxygen atoms in total. The normalized spacial score (nSPS) is 39.0. The van der Waals surface area contributed by atoms with Crippen LogP contribution in [0.5, 0.6) is 0 Å². The summed E-state index contributed by atoms with van der Waals surface area (Å²) in [5.74, 6) is 1.92. The van der Waals surface area contributed by atoms with E-state index in [0.717, 1.165) is 19.3 Å². The summed E-state index contributed by atoms with van der Waals surface area (Å²) in [5.41, 5.74) is -0.359. The fourth-order valence-corrected chi connectivity index (χ4v) is 2.60. The Balaban J connectivity index is 2.50. The van der Waals surface area contributed by atoms with Gasteiger partial charge in [-0.1, -0.05) is 34.1 Å². The average Bonchev–Trinajstić information content (AvgIpc) is 2.09. The summed E-state index contributed by atoms with van der Waals surface area (Å²) in [6, 6.07) is 0. The Morgan fingerprint density at radius 2 is 1.93 bits per heavy atom. The molecule has 1 aliphatic rings. The molecule has 0 aromatic rings. The van der Waals surface area contributed by atoms with Crippen LogP contribution in [0.3, 0.4) is 0 Å². The highest BCUT2D eigenvalue weighted by Gasteiger charge is 2.38. The lowest BCUT2D eigenvalue weighted by Gasteiger charge is -2.41. The summed E-state index contributed by atoms with van der Waals surface area (Å²) in [7, 11) is 0. The van der Waals surface area contributed by atoms with Crippen molar-refractivity contribution < 1.29 is 5.11 Å². The van der Waals surface area contributed by atoms with Crippen molar-refractivity contribution in [3.05, 3.63) is 0 Å². The fourth-order valence-electron chi connectivity index (χ4n) is 2.60. The Morgan fingerprint density at radius 1 is 1.29 bits per heavy atom. The van der Waals surface area contributed by atoms with E-state index in [1.807, 2.05) is 0 Å². The minimum Gasteiger partial charge on any atom is -0.390 e. The van der Waals surface area contributed by atoms with Crippen molar-refractivity contribution >= 4 is 0 Å². The predicted molar refractivity (Wildman–Crippen MR) is 61.2 cm³/mol. The van der Waals surface area contributed by atoms with Crippen LogP contribution in [0.4, 0.5) is 0 Å². The van der Waals surface area contributed by atoms with Gasteiger partial charge in [0.2, 0.25) is 0 Å². The molecule has 0 aliphatic heterocycles. The minimum atomic E-state index is -0.359. The Bertz CT molecular complexity index is 176. The minimum absolute atomic E-state index is 0.359. The molecule has 0 spiro atoms.